The molecule has 2 saturated carbocycles. The molecule has 30 heavy (non-hydrogen) atoms. The highest BCUT2D eigenvalue weighted by atomic mass is 35.5. The molecule has 2 aromatic carbocycles. The average Bonchev–Trinajstić information content (AvgIpc) is 3.38. The quantitative estimate of drug-likeness (QED) is 0.488. The number of nitrogens with zero attached hydrogens (tertiary/aromatic N) is 1. The number of fused-ring (bicyclic) bond motifs is 3. The van der Waals surface area contributed by atoms with E-state index in [0.29, 0.717) is 27.2 Å². The standard InChI is InChI=1S/C25H24Cl2N2O/c1-14(19-11-15-6-7-16(19)10-15)28-25(30)20-13-24(17-8-9-21(26)22(27)12-17)29-23-5-3-2-4-18(20)23/h2-5,8-9,12-16,19H,6-7,10-11H2,1H3,(H,28,30)/t14-,15+,16+,19-/m0/s1. The van der Waals surface area contributed by atoms with E-state index in [0.717, 1.165) is 28.3 Å². The Bertz CT molecular complexity index is 1130. The van der Waals surface area contributed by atoms with Gasteiger partial charge in [-0.3, -0.25) is 4.79 Å². The van der Waals surface area contributed by atoms with Crippen LogP contribution in [0.3, 0.4) is 0 Å². The van der Waals surface area contributed by atoms with Crippen LogP contribution in [0.25, 0.3) is 22.2 Å². The lowest BCUT2D eigenvalue weighted by Gasteiger charge is -2.28. The maximum atomic E-state index is 13.4. The van der Waals surface area contributed by atoms with E-state index in [1.54, 1.807) is 12.1 Å². The molecule has 2 aliphatic rings. The molecule has 2 aliphatic carbocycles. The molecule has 3 nitrogen and oxygen atoms in total. The maximum Gasteiger partial charge on any atom is 0.252 e. The monoisotopic (exact) mass is 438 g/mol. The van der Waals surface area contributed by atoms with Crippen LogP contribution >= 0.6 is 23.2 Å². The normalized spacial score (nSPS) is 23.6. The minimum Gasteiger partial charge on any atom is -0.349 e. The number of para-hydroxylation sites is 1. The van der Waals surface area contributed by atoms with Gasteiger partial charge in [0.05, 0.1) is 26.8 Å². The van der Waals surface area contributed by atoms with Crippen molar-refractivity contribution in [3.8, 4) is 11.3 Å². The second-order valence-electron chi connectivity index (χ2n) is 8.80. The van der Waals surface area contributed by atoms with E-state index >= 15 is 0 Å². The first-order valence-electron chi connectivity index (χ1n) is 10.7. The first kappa shape index (κ1) is 19.8. The van der Waals surface area contributed by atoms with E-state index < -0.39 is 0 Å². The topological polar surface area (TPSA) is 42.0 Å². The van der Waals surface area contributed by atoms with Gasteiger partial charge in [-0.05, 0) is 68.2 Å². The number of hydrogen-bond donors (Lipinski definition) is 1. The minimum atomic E-state index is -0.0369. The fraction of sp³-hybridized carbons (Fsp3) is 0.360. The second-order valence-corrected chi connectivity index (χ2v) is 9.62. The zero-order chi connectivity index (χ0) is 20.8. The lowest BCUT2D eigenvalue weighted by molar-refractivity contribution is 0.0917. The Labute approximate surface area is 186 Å². The van der Waals surface area contributed by atoms with Crippen molar-refractivity contribution in [3.63, 3.8) is 0 Å². The third-order valence-electron chi connectivity index (χ3n) is 6.97. The summed E-state index contributed by atoms with van der Waals surface area (Å²) in [6.07, 6.45) is 5.27. The van der Waals surface area contributed by atoms with Crippen molar-refractivity contribution in [3.05, 3.63) is 64.1 Å². The van der Waals surface area contributed by atoms with E-state index in [9.17, 15) is 4.79 Å². The summed E-state index contributed by atoms with van der Waals surface area (Å²) < 4.78 is 0. The van der Waals surface area contributed by atoms with Crippen LogP contribution in [0, 0.1) is 17.8 Å². The van der Waals surface area contributed by atoms with Gasteiger partial charge in [-0.2, -0.15) is 0 Å². The minimum absolute atomic E-state index is 0.0369. The SMILES string of the molecule is C[C@H](NC(=O)c1cc(-c2ccc(Cl)c(Cl)c2)nc2ccccc12)[C@@H]1C[C@@H]2CC[C@@H]1C2. The van der Waals surface area contributed by atoms with Crippen molar-refractivity contribution in [1.82, 2.24) is 10.3 Å². The summed E-state index contributed by atoms with van der Waals surface area (Å²) >= 11 is 12.3. The summed E-state index contributed by atoms with van der Waals surface area (Å²) in [6, 6.07) is 15.2. The Hall–Kier alpha value is -2.10. The van der Waals surface area contributed by atoms with Gasteiger partial charge in [0.25, 0.3) is 5.91 Å². The van der Waals surface area contributed by atoms with E-state index in [2.05, 4.69) is 12.2 Å². The number of rotatable bonds is 4. The van der Waals surface area contributed by atoms with Gasteiger partial charge in [-0.1, -0.05) is 53.9 Å². The molecule has 0 radical (unpaired) electrons. The number of carbonyl (C=O) groups excluding carboxylic acids is 1. The molecule has 1 heterocycles. The van der Waals surface area contributed by atoms with Crippen LogP contribution in [0.5, 0.6) is 0 Å². The summed E-state index contributed by atoms with van der Waals surface area (Å²) in [5.74, 6) is 2.19. The van der Waals surface area contributed by atoms with Crippen LogP contribution in [-0.2, 0) is 0 Å². The number of carbonyl (C=O) groups is 1. The van der Waals surface area contributed by atoms with Crippen molar-refractivity contribution in [1.29, 1.82) is 0 Å². The van der Waals surface area contributed by atoms with Gasteiger partial charge in [0, 0.05) is 17.0 Å². The van der Waals surface area contributed by atoms with E-state index in [4.69, 9.17) is 28.2 Å². The zero-order valence-electron chi connectivity index (χ0n) is 16.9. The highest BCUT2D eigenvalue weighted by molar-refractivity contribution is 6.42. The molecular formula is C25H24Cl2N2O. The lowest BCUT2D eigenvalue weighted by atomic mass is 9.84. The molecule has 2 bridgehead atoms. The molecule has 0 saturated heterocycles. The molecule has 3 aromatic rings. The van der Waals surface area contributed by atoms with Crippen molar-refractivity contribution in [2.45, 2.75) is 38.6 Å². The van der Waals surface area contributed by atoms with Gasteiger partial charge in [0.15, 0.2) is 0 Å². The molecule has 4 atom stereocenters. The predicted molar refractivity (Wildman–Crippen MR) is 123 cm³/mol. The molecule has 5 heteroatoms. The molecule has 154 valence electrons. The predicted octanol–water partition coefficient (Wildman–Crippen LogP) is 6.76. The summed E-state index contributed by atoms with van der Waals surface area (Å²) in [7, 11) is 0. The smallest absolute Gasteiger partial charge is 0.252 e. The van der Waals surface area contributed by atoms with Gasteiger partial charge in [0.1, 0.15) is 0 Å². The van der Waals surface area contributed by atoms with E-state index in [1.165, 1.54) is 25.7 Å². The number of nitrogens with one attached hydrogen (secondary N) is 1. The Morgan fingerprint density at radius 3 is 2.63 bits per heavy atom. The lowest BCUT2D eigenvalue weighted by Crippen LogP contribution is -2.40. The van der Waals surface area contributed by atoms with Crippen molar-refractivity contribution < 1.29 is 4.79 Å². The van der Waals surface area contributed by atoms with Gasteiger partial charge in [-0.15, -0.1) is 0 Å². The Balaban J connectivity index is 1.49. The third-order valence-corrected chi connectivity index (χ3v) is 7.71. The largest absolute Gasteiger partial charge is 0.349 e. The molecule has 0 unspecified atom stereocenters. The maximum absolute atomic E-state index is 13.4. The number of pyridine rings is 1. The van der Waals surface area contributed by atoms with Crippen molar-refractivity contribution in [2.24, 2.45) is 17.8 Å². The molecule has 2 fully saturated rings. The molecule has 1 amide bonds. The number of amides is 1. The Kier molecular flexibility index (Phi) is 5.20. The second kappa shape index (κ2) is 7.86. The summed E-state index contributed by atoms with van der Waals surface area (Å²) in [5.41, 5.74) is 2.99. The van der Waals surface area contributed by atoms with E-state index in [1.807, 2.05) is 36.4 Å². The Morgan fingerprint density at radius 2 is 1.90 bits per heavy atom. The third kappa shape index (κ3) is 3.59. The number of halogens is 2. The molecule has 0 aliphatic heterocycles. The van der Waals surface area contributed by atoms with Crippen LogP contribution < -0.4 is 5.32 Å². The van der Waals surface area contributed by atoms with Crippen LogP contribution in [0.2, 0.25) is 10.0 Å². The molecule has 1 aromatic heterocycles. The van der Waals surface area contributed by atoms with Crippen LogP contribution in [0.15, 0.2) is 48.5 Å². The summed E-state index contributed by atoms with van der Waals surface area (Å²) in [5, 5.41) is 5.13. The van der Waals surface area contributed by atoms with E-state index in [-0.39, 0.29) is 11.9 Å². The molecule has 1 N–H and O–H groups in total. The fourth-order valence-corrected chi connectivity index (χ4v) is 5.76. The van der Waals surface area contributed by atoms with Gasteiger partial charge >= 0.3 is 0 Å². The average molecular weight is 439 g/mol. The fourth-order valence-electron chi connectivity index (χ4n) is 5.46. The molecular weight excluding hydrogens is 415 g/mol. The van der Waals surface area contributed by atoms with Gasteiger partial charge in [0.2, 0.25) is 0 Å². The molecule has 0 spiro atoms. The van der Waals surface area contributed by atoms with Gasteiger partial charge < -0.3 is 5.32 Å². The summed E-state index contributed by atoms with van der Waals surface area (Å²) in [4.78, 5) is 18.1. The van der Waals surface area contributed by atoms with Crippen molar-refractivity contribution in [2.75, 3.05) is 0 Å². The highest BCUT2D eigenvalue weighted by Crippen LogP contribution is 2.49. The number of aromatic nitrogens is 1. The number of benzene rings is 2. The van der Waals surface area contributed by atoms with Crippen LogP contribution in [-0.4, -0.2) is 16.9 Å². The summed E-state index contributed by atoms with van der Waals surface area (Å²) in [6.45, 7) is 2.16. The first-order valence-corrected chi connectivity index (χ1v) is 11.4. The Morgan fingerprint density at radius 1 is 1.07 bits per heavy atom. The number of hydrogen-bond acceptors (Lipinski definition) is 2. The van der Waals surface area contributed by atoms with Gasteiger partial charge in [-0.25, -0.2) is 4.98 Å². The highest BCUT2D eigenvalue weighted by Gasteiger charge is 2.42. The van der Waals surface area contributed by atoms with Crippen LogP contribution in [0.4, 0.5) is 0 Å². The van der Waals surface area contributed by atoms with Crippen molar-refractivity contribution >= 4 is 40.0 Å². The first-order chi connectivity index (χ1) is 14.5. The molecule has 5 rings (SSSR count). The zero-order valence-corrected chi connectivity index (χ0v) is 18.4. The van der Waals surface area contributed by atoms with Crippen LogP contribution in [0.1, 0.15) is 43.0 Å².